The first-order valence-corrected chi connectivity index (χ1v) is 7.07. The van der Waals surface area contributed by atoms with E-state index in [9.17, 15) is 4.39 Å². The molecule has 1 unspecified atom stereocenters. The Balaban J connectivity index is 2.57. The molecule has 1 aromatic carbocycles. The molecule has 0 aliphatic carbocycles. The molecule has 0 bridgehead atoms. The maximum Gasteiger partial charge on any atom is 0.126 e. The lowest BCUT2D eigenvalue weighted by molar-refractivity contribution is 0.575. The number of rotatable bonds is 4. The Morgan fingerprint density at radius 1 is 1.40 bits per heavy atom. The van der Waals surface area contributed by atoms with Gasteiger partial charge in [-0.3, -0.25) is 0 Å². The SMILES string of the molecule is CCNC(C)c1cc(F)c(C)cc1-n1cc(Cl)c(C)n1. The molecule has 1 heterocycles. The van der Waals surface area contributed by atoms with E-state index in [4.69, 9.17) is 11.6 Å². The Morgan fingerprint density at radius 2 is 2.10 bits per heavy atom. The third kappa shape index (κ3) is 2.86. The molecule has 0 aliphatic heterocycles. The van der Waals surface area contributed by atoms with Crippen LogP contribution in [0.15, 0.2) is 18.3 Å². The van der Waals surface area contributed by atoms with E-state index < -0.39 is 0 Å². The van der Waals surface area contributed by atoms with Gasteiger partial charge >= 0.3 is 0 Å². The van der Waals surface area contributed by atoms with Gasteiger partial charge in [-0.1, -0.05) is 18.5 Å². The monoisotopic (exact) mass is 295 g/mol. The van der Waals surface area contributed by atoms with Crippen LogP contribution in [0.5, 0.6) is 0 Å². The quantitative estimate of drug-likeness (QED) is 0.925. The maximum atomic E-state index is 13.9. The number of nitrogens with one attached hydrogen (secondary N) is 1. The molecular weight excluding hydrogens is 277 g/mol. The van der Waals surface area contributed by atoms with Crippen LogP contribution in [0.1, 0.15) is 36.7 Å². The lowest BCUT2D eigenvalue weighted by atomic mass is 10.0. The fourth-order valence-electron chi connectivity index (χ4n) is 2.21. The minimum absolute atomic E-state index is 0.0355. The van der Waals surface area contributed by atoms with Crippen molar-refractivity contribution in [2.75, 3.05) is 6.54 Å². The highest BCUT2D eigenvalue weighted by atomic mass is 35.5. The van der Waals surface area contributed by atoms with E-state index in [1.807, 2.05) is 20.8 Å². The van der Waals surface area contributed by atoms with Crippen LogP contribution in [0.25, 0.3) is 5.69 Å². The van der Waals surface area contributed by atoms with Crippen molar-refractivity contribution in [3.05, 3.63) is 46.0 Å². The van der Waals surface area contributed by atoms with Crippen molar-refractivity contribution in [3.8, 4) is 5.69 Å². The molecule has 2 aromatic rings. The van der Waals surface area contributed by atoms with Crippen molar-refractivity contribution >= 4 is 11.6 Å². The summed E-state index contributed by atoms with van der Waals surface area (Å²) >= 11 is 6.07. The van der Waals surface area contributed by atoms with E-state index in [1.54, 1.807) is 29.9 Å². The Labute approximate surface area is 123 Å². The molecule has 1 aromatic heterocycles. The second kappa shape index (κ2) is 5.94. The van der Waals surface area contributed by atoms with Gasteiger partial charge in [0.2, 0.25) is 0 Å². The van der Waals surface area contributed by atoms with Crippen molar-refractivity contribution in [3.63, 3.8) is 0 Å². The molecule has 20 heavy (non-hydrogen) atoms. The molecule has 0 saturated heterocycles. The smallest absolute Gasteiger partial charge is 0.126 e. The molecule has 2 rings (SSSR count). The summed E-state index contributed by atoms with van der Waals surface area (Å²) in [5, 5.41) is 8.29. The maximum absolute atomic E-state index is 13.9. The number of hydrogen-bond donors (Lipinski definition) is 1. The van der Waals surface area contributed by atoms with E-state index in [1.165, 1.54) is 0 Å². The van der Waals surface area contributed by atoms with Gasteiger partial charge in [-0.15, -0.1) is 0 Å². The molecule has 0 amide bonds. The molecule has 108 valence electrons. The van der Waals surface area contributed by atoms with Gasteiger partial charge in [0.05, 0.1) is 16.4 Å². The van der Waals surface area contributed by atoms with Gasteiger partial charge in [0.1, 0.15) is 5.82 Å². The van der Waals surface area contributed by atoms with Gasteiger partial charge in [0, 0.05) is 12.2 Å². The summed E-state index contributed by atoms with van der Waals surface area (Å²) < 4.78 is 15.6. The van der Waals surface area contributed by atoms with E-state index in [2.05, 4.69) is 10.4 Å². The average molecular weight is 296 g/mol. The Hall–Kier alpha value is -1.39. The lowest BCUT2D eigenvalue weighted by Crippen LogP contribution is -2.20. The molecule has 1 atom stereocenters. The van der Waals surface area contributed by atoms with Crippen molar-refractivity contribution < 1.29 is 4.39 Å². The normalized spacial score (nSPS) is 12.7. The molecule has 0 spiro atoms. The van der Waals surface area contributed by atoms with E-state index in [-0.39, 0.29) is 11.9 Å². The van der Waals surface area contributed by atoms with Gasteiger partial charge < -0.3 is 5.32 Å². The van der Waals surface area contributed by atoms with E-state index in [0.717, 1.165) is 23.5 Å². The third-order valence-electron chi connectivity index (χ3n) is 3.37. The van der Waals surface area contributed by atoms with Crippen LogP contribution in [0.3, 0.4) is 0 Å². The molecule has 5 heteroatoms. The molecule has 0 saturated carbocycles. The van der Waals surface area contributed by atoms with E-state index in [0.29, 0.717) is 10.6 Å². The zero-order chi connectivity index (χ0) is 14.9. The second-order valence-corrected chi connectivity index (χ2v) is 5.35. The predicted octanol–water partition coefficient (Wildman–Crippen LogP) is 3.95. The van der Waals surface area contributed by atoms with Crippen LogP contribution >= 0.6 is 11.6 Å². The Kier molecular flexibility index (Phi) is 4.45. The highest BCUT2D eigenvalue weighted by Crippen LogP contribution is 2.26. The van der Waals surface area contributed by atoms with Crippen LogP contribution in [-0.2, 0) is 0 Å². The largest absolute Gasteiger partial charge is 0.310 e. The topological polar surface area (TPSA) is 29.9 Å². The fourth-order valence-corrected chi connectivity index (χ4v) is 2.34. The summed E-state index contributed by atoms with van der Waals surface area (Å²) in [5.41, 5.74) is 3.08. The van der Waals surface area contributed by atoms with Crippen molar-refractivity contribution in [2.45, 2.75) is 33.7 Å². The standard InChI is InChI=1S/C15H19ClFN3/c1-5-18-10(3)12-7-14(17)9(2)6-15(12)20-8-13(16)11(4)19-20/h6-8,10,18H,5H2,1-4H3. The first kappa shape index (κ1) is 15.0. The molecule has 3 nitrogen and oxygen atoms in total. The Morgan fingerprint density at radius 3 is 2.65 bits per heavy atom. The number of hydrogen-bond acceptors (Lipinski definition) is 2. The number of halogens is 2. The summed E-state index contributed by atoms with van der Waals surface area (Å²) in [6.07, 6.45) is 1.76. The molecule has 0 fully saturated rings. The molecular formula is C15H19ClFN3. The van der Waals surface area contributed by atoms with E-state index >= 15 is 0 Å². The molecule has 1 N–H and O–H groups in total. The minimum atomic E-state index is -0.205. The molecule has 0 radical (unpaired) electrons. The van der Waals surface area contributed by atoms with Crippen LogP contribution in [-0.4, -0.2) is 16.3 Å². The van der Waals surface area contributed by atoms with Crippen LogP contribution in [0, 0.1) is 19.7 Å². The van der Waals surface area contributed by atoms with Gasteiger partial charge in [-0.25, -0.2) is 9.07 Å². The van der Waals surface area contributed by atoms with Crippen molar-refractivity contribution in [1.82, 2.24) is 15.1 Å². The first-order valence-electron chi connectivity index (χ1n) is 6.69. The minimum Gasteiger partial charge on any atom is -0.310 e. The molecule has 0 aliphatic rings. The summed E-state index contributed by atoms with van der Waals surface area (Å²) in [7, 11) is 0. The van der Waals surface area contributed by atoms with Crippen LogP contribution < -0.4 is 5.32 Å². The number of aryl methyl sites for hydroxylation is 2. The number of benzene rings is 1. The summed E-state index contributed by atoms with van der Waals surface area (Å²) in [5.74, 6) is -0.205. The highest BCUT2D eigenvalue weighted by molar-refractivity contribution is 6.31. The summed E-state index contributed by atoms with van der Waals surface area (Å²) in [6.45, 7) is 8.45. The van der Waals surface area contributed by atoms with Crippen LogP contribution in [0.4, 0.5) is 4.39 Å². The predicted molar refractivity (Wildman–Crippen MR) is 80.1 cm³/mol. The third-order valence-corrected chi connectivity index (χ3v) is 3.74. The van der Waals surface area contributed by atoms with Gasteiger partial charge in [-0.05, 0) is 50.6 Å². The number of aromatic nitrogens is 2. The van der Waals surface area contributed by atoms with Gasteiger partial charge in [0.25, 0.3) is 0 Å². The van der Waals surface area contributed by atoms with Crippen molar-refractivity contribution in [1.29, 1.82) is 0 Å². The van der Waals surface area contributed by atoms with Gasteiger partial charge in [-0.2, -0.15) is 5.10 Å². The summed E-state index contributed by atoms with van der Waals surface area (Å²) in [6, 6.07) is 3.41. The highest BCUT2D eigenvalue weighted by Gasteiger charge is 2.16. The van der Waals surface area contributed by atoms with Gasteiger partial charge in [0.15, 0.2) is 0 Å². The van der Waals surface area contributed by atoms with Crippen molar-refractivity contribution in [2.24, 2.45) is 0 Å². The fraction of sp³-hybridized carbons (Fsp3) is 0.400. The zero-order valence-electron chi connectivity index (χ0n) is 12.2. The number of nitrogens with zero attached hydrogens (tertiary/aromatic N) is 2. The summed E-state index contributed by atoms with van der Waals surface area (Å²) in [4.78, 5) is 0. The second-order valence-electron chi connectivity index (χ2n) is 4.95. The Bertz CT molecular complexity index is 602. The lowest BCUT2D eigenvalue weighted by Gasteiger charge is -2.18. The van der Waals surface area contributed by atoms with Crippen LogP contribution in [0.2, 0.25) is 5.02 Å². The zero-order valence-corrected chi connectivity index (χ0v) is 12.9. The average Bonchev–Trinajstić information content (AvgIpc) is 2.72. The first-order chi connectivity index (χ1) is 9.43.